The Morgan fingerprint density at radius 1 is 0.976 bits per heavy atom. The van der Waals surface area contributed by atoms with Gasteiger partial charge in [-0.2, -0.15) is 0 Å². The number of fused-ring (bicyclic) bond motifs is 1. The number of carboxylic acid groups (broad SMARTS) is 1. The standard InChI is InChI=1S/C33H38N2O6/c1-5-21-8-7-9-22(6-2)31(21)34-29(36)18-35-17-26(24-12-15-27-28(16-24)40-19-39-27)30(33(37)38)32(35)23-10-13-25(14-11-23)41-20(3)4/h7-16,20,26,30,32H,5-6,17-19H2,1-4H3,(H,34,36)(H,37,38). The minimum atomic E-state index is -0.910. The molecule has 8 nitrogen and oxygen atoms in total. The number of rotatable bonds is 10. The SMILES string of the molecule is CCc1cccc(CC)c1NC(=O)CN1CC(c2ccc3c(c2)OCO3)C(C(=O)O)C1c1ccc(OC(C)C)cc1. The third kappa shape index (κ3) is 6.03. The lowest BCUT2D eigenvalue weighted by Gasteiger charge is -2.27. The van der Waals surface area contributed by atoms with Gasteiger partial charge in [0.05, 0.1) is 18.6 Å². The van der Waals surface area contributed by atoms with Gasteiger partial charge in [-0.15, -0.1) is 0 Å². The molecule has 216 valence electrons. The Morgan fingerprint density at radius 2 is 1.63 bits per heavy atom. The van der Waals surface area contributed by atoms with Gasteiger partial charge in [0.25, 0.3) is 0 Å². The summed E-state index contributed by atoms with van der Waals surface area (Å²) in [5.41, 5.74) is 4.69. The van der Waals surface area contributed by atoms with E-state index in [0.717, 1.165) is 40.8 Å². The number of aryl methyl sites for hydroxylation is 2. The summed E-state index contributed by atoms with van der Waals surface area (Å²) in [4.78, 5) is 28.5. The molecule has 2 N–H and O–H groups in total. The lowest BCUT2D eigenvalue weighted by molar-refractivity contribution is -0.143. The molecular formula is C33H38N2O6. The first-order valence-corrected chi connectivity index (χ1v) is 14.3. The predicted octanol–water partition coefficient (Wildman–Crippen LogP) is 5.81. The number of amides is 1. The van der Waals surface area contributed by atoms with Gasteiger partial charge in [-0.3, -0.25) is 14.5 Å². The monoisotopic (exact) mass is 558 g/mol. The number of aliphatic carboxylic acids is 1. The summed E-state index contributed by atoms with van der Waals surface area (Å²) in [5, 5.41) is 13.7. The summed E-state index contributed by atoms with van der Waals surface area (Å²) in [7, 11) is 0. The number of ether oxygens (including phenoxy) is 3. The molecule has 41 heavy (non-hydrogen) atoms. The van der Waals surface area contributed by atoms with Crippen molar-refractivity contribution in [2.24, 2.45) is 5.92 Å². The number of carbonyl (C=O) groups excluding carboxylic acids is 1. The number of nitrogens with one attached hydrogen (secondary N) is 1. The first kappa shape index (κ1) is 28.5. The van der Waals surface area contributed by atoms with Gasteiger partial charge in [-0.1, -0.05) is 50.2 Å². The molecule has 1 amide bonds. The van der Waals surface area contributed by atoms with E-state index in [2.05, 4.69) is 19.2 Å². The van der Waals surface area contributed by atoms with E-state index >= 15 is 0 Å². The quantitative estimate of drug-likeness (QED) is 0.324. The van der Waals surface area contributed by atoms with Gasteiger partial charge in [0, 0.05) is 24.2 Å². The van der Waals surface area contributed by atoms with E-state index in [9.17, 15) is 14.7 Å². The van der Waals surface area contributed by atoms with Crippen molar-refractivity contribution in [1.82, 2.24) is 4.90 Å². The zero-order chi connectivity index (χ0) is 29.1. The third-order valence-corrected chi connectivity index (χ3v) is 7.91. The zero-order valence-corrected chi connectivity index (χ0v) is 24.1. The Bertz CT molecular complexity index is 1380. The molecule has 0 bridgehead atoms. The van der Waals surface area contributed by atoms with Crippen LogP contribution in [0.15, 0.2) is 60.7 Å². The lowest BCUT2D eigenvalue weighted by Crippen LogP contribution is -2.35. The molecule has 3 aromatic carbocycles. The number of likely N-dealkylation sites (tertiary alicyclic amines) is 1. The van der Waals surface area contributed by atoms with E-state index in [1.165, 1.54) is 0 Å². The van der Waals surface area contributed by atoms with Crippen LogP contribution in [0.5, 0.6) is 17.2 Å². The molecule has 8 heteroatoms. The molecule has 2 aliphatic rings. The number of nitrogens with zero attached hydrogens (tertiary/aromatic N) is 1. The summed E-state index contributed by atoms with van der Waals surface area (Å²) in [5.74, 6) is -0.247. The molecule has 0 aliphatic carbocycles. The molecule has 0 saturated carbocycles. The van der Waals surface area contributed by atoms with Crippen molar-refractivity contribution < 1.29 is 28.9 Å². The molecule has 1 saturated heterocycles. The van der Waals surface area contributed by atoms with Crippen molar-refractivity contribution >= 4 is 17.6 Å². The van der Waals surface area contributed by atoms with Gasteiger partial charge in [-0.05, 0) is 73.2 Å². The number of carboxylic acids is 1. The van der Waals surface area contributed by atoms with Crippen LogP contribution >= 0.6 is 0 Å². The highest BCUT2D eigenvalue weighted by Crippen LogP contribution is 2.47. The van der Waals surface area contributed by atoms with Crippen molar-refractivity contribution in [2.45, 2.75) is 58.6 Å². The normalized spacial score (nSPS) is 19.9. The van der Waals surface area contributed by atoms with E-state index < -0.39 is 17.9 Å². The predicted molar refractivity (Wildman–Crippen MR) is 157 cm³/mol. The first-order valence-electron chi connectivity index (χ1n) is 14.3. The van der Waals surface area contributed by atoms with Gasteiger partial charge in [0.15, 0.2) is 11.5 Å². The van der Waals surface area contributed by atoms with Crippen LogP contribution in [0.1, 0.15) is 61.9 Å². The van der Waals surface area contributed by atoms with Gasteiger partial charge in [0.1, 0.15) is 5.75 Å². The minimum absolute atomic E-state index is 0.0219. The Morgan fingerprint density at radius 3 is 2.27 bits per heavy atom. The fourth-order valence-electron chi connectivity index (χ4n) is 6.05. The maximum Gasteiger partial charge on any atom is 0.309 e. The number of hydrogen-bond acceptors (Lipinski definition) is 6. The molecule has 2 aliphatic heterocycles. The van der Waals surface area contributed by atoms with Crippen LogP contribution in [0.3, 0.4) is 0 Å². The molecule has 0 aromatic heterocycles. The Kier molecular flexibility index (Phi) is 8.49. The Hall–Kier alpha value is -4.04. The van der Waals surface area contributed by atoms with Crippen molar-refractivity contribution in [3.8, 4) is 17.2 Å². The molecule has 1 fully saturated rings. The van der Waals surface area contributed by atoms with Crippen LogP contribution in [0.2, 0.25) is 0 Å². The van der Waals surface area contributed by atoms with Gasteiger partial charge >= 0.3 is 5.97 Å². The number of para-hydroxylation sites is 1. The van der Waals surface area contributed by atoms with Crippen molar-refractivity contribution in [1.29, 1.82) is 0 Å². The Balaban J connectivity index is 1.48. The number of benzene rings is 3. The minimum Gasteiger partial charge on any atom is -0.491 e. The maximum atomic E-state index is 13.6. The van der Waals surface area contributed by atoms with Crippen molar-refractivity contribution in [2.75, 3.05) is 25.2 Å². The highest BCUT2D eigenvalue weighted by atomic mass is 16.7. The van der Waals surface area contributed by atoms with Crippen molar-refractivity contribution in [3.63, 3.8) is 0 Å². The summed E-state index contributed by atoms with van der Waals surface area (Å²) < 4.78 is 16.9. The molecule has 0 radical (unpaired) electrons. The van der Waals surface area contributed by atoms with E-state index in [1.807, 2.05) is 79.4 Å². The number of anilines is 1. The fraction of sp³-hybridized carbons (Fsp3) is 0.394. The summed E-state index contributed by atoms with van der Waals surface area (Å²) in [6.07, 6.45) is 1.62. The fourth-order valence-corrected chi connectivity index (χ4v) is 6.05. The largest absolute Gasteiger partial charge is 0.491 e. The van der Waals surface area contributed by atoms with E-state index in [-0.39, 0.29) is 31.3 Å². The topological polar surface area (TPSA) is 97.3 Å². The smallest absolute Gasteiger partial charge is 0.309 e. The average molecular weight is 559 g/mol. The average Bonchev–Trinajstić information content (AvgIpc) is 3.57. The third-order valence-electron chi connectivity index (χ3n) is 7.91. The molecular weight excluding hydrogens is 520 g/mol. The second kappa shape index (κ2) is 12.2. The van der Waals surface area contributed by atoms with E-state index in [0.29, 0.717) is 23.8 Å². The molecule has 5 rings (SSSR count). The lowest BCUT2D eigenvalue weighted by atomic mass is 9.82. The molecule has 0 spiro atoms. The second-order valence-electron chi connectivity index (χ2n) is 10.9. The zero-order valence-electron chi connectivity index (χ0n) is 24.1. The highest BCUT2D eigenvalue weighted by molar-refractivity contribution is 5.94. The van der Waals surface area contributed by atoms with Crippen LogP contribution in [0.4, 0.5) is 5.69 Å². The molecule has 2 heterocycles. The second-order valence-corrected chi connectivity index (χ2v) is 10.9. The van der Waals surface area contributed by atoms with E-state index in [4.69, 9.17) is 14.2 Å². The van der Waals surface area contributed by atoms with Crippen LogP contribution in [0.25, 0.3) is 0 Å². The molecule has 3 aromatic rings. The molecule has 3 unspecified atom stereocenters. The molecule has 3 atom stereocenters. The van der Waals surface area contributed by atoms with Crippen molar-refractivity contribution in [3.05, 3.63) is 82.9 Å². The number of carbonyl (C=O) groups is 2. The summed E-state index contributed by atoms with van der Waals surface area (Å²) >= 11 is 0. The van der Waals surface area contributed by atoms with E-state index in [1.54, 1.807) is 0 Å². The highest BCUT2D eigenvalue weighted by Gasteiger charge is 2.48. The van der Waals surface area contributed by atoms with Crippen LogP contribution in [-0.4, -0.2) is 47.9 Å². The van der Waals surface area contributed by atoms with Crippen LogP contribution in [-0.2, 0) is 22.4 Å². The maximum absolute atomic E-state index is 13.6. The van der Waals surface area contributed by atoms with Gasteiger partial charge in [-0.25, -0.2) is 0 Å². The number of hydrogen-bond donors (Lipinski definition) is 2. The van der Waals surface area contributed by atoms with Crippen LogP contribution < -0.4 is 19.5 Å². The summed E-state index contributed by atoms with van der Waals surface area (Å²) in [6, 6.07) is 18.7. The summed E-state index contributed by atoms with van der Waals surface area (Å²) in [6.45, 7) is 8.66. The van der Waals surface area contributed by atoms with Gasteiger partial charge < -0.3 is 24.6 Å². The first-order chi connectivity index (χ1) is 19.8. The Labute approximate surface area is 241 Å². The van der Waals surface area contributed by atoms with Crippen LogP contribution in [0, 0.1) is 5.92 Å². The van der Waals surface area contributed by atoms with Gasteiger partial charge in [0.2, 0.25) is 12.7 Å².